The first kappa shape index (κ1) is 38.7. The smallest absolute Gasteiger partial charge is 0.310 e. The van der Waals surface area contributed by atoms with Gasteiger partial charge in [-0.15, -0.1) is 0 Å². The van der Waals surface area contributed by atoms with E-state index in [1.54, 1.807) is 13.2 Å². The Bertz CT molecular complexity index is 1170. The summed E-state index contributed by atoms with van der Waals surface area (Å²) in [5, 5.41) is 22.0. The Morgan fingerprint density at radius 3 is 1.86 bits per heavy atom. The highest BCUT2D eigenvalue weighted by Crippen LogP contribution is 3.02. The summed E-state index contributed by atoms with van der Waals surface area (Å²) in [7, 11) is -9.79. The first-order valence-electron chi connectivity index (χ1n) is 14.8. The van der Waals surface area contributed by atoms with Crippen molar-refractivity contribution in [2.75, 3.05) is 6.26 Å². The molecule has 42 heavy (non-hydrogen) atoms. The zero-order chi connectivity index (χ0) is 33.0. The van der Waals surface area contributed by atoms with Gasteiger partial charge in [0.05, 0.1) is 6.10 Å². The minimum absolute atomic E-state index is 0.0584. The predicted molar refractivity (Wildman–Crippen MR) is 171 cm³/mol. The first-order valence-corrected chi connectivity index (χ1v) is 17.6. The number of rotatable bonds is 4. The largest absolute Gasteiger partial charge is 0.388 e. The summed E-state index contributed by atoms with van der Waals surface area (Å²) in [6, 6.07) is 2.37. The van der Waals surface area contributed by atoms with Crippen LogP contribution in [-0.2, 0) is 6.42 Å². The molecule has 1 aromatic heterocycles. The number of aliphatic hydroxyl groups is 2. The Kier molecular flexibility index (Phi) is 12.3. The van der Waals surface area contributed by atoms with Gasteiger partial charge in [0, 0.05) is 22.5 Å². The number of halogens is 5. The lowest BCUT2D eigenvalue weighted by atomic mass is 9.59. The van der Waals surface area contributed by atoms with Crippen LogP contribution in [0.4, 0.5) is 19.4 Å². The van der Waals surface area contributed by atoms with Crippen molar-refractivity contribution in [2.24, 2.45) is 10.8 Å². The fourth-order valence-electron chi connectivity index (χ4n) is 5.25. The van der Waals surface area contributed by atoms with E-state index in [1.165, 1.54) is 6.42 Å². The third kappa shape index (κ3) is 9.57. The van der Waals surface area contributed by atoms with Crippen molar-refractivity contribution in [1.29, 1.82) is 0 Å². The van der Waals surface area contributed by atoms with Gasteiger partial charge in [0.15, 0.2) is 0 Å². The highest BCUT2D eigenvalue weighted by Gasteiger charge is 2.65. The molecule has 2 atom stereocenters. The number of hydrogen-bond donors (Lipinski definition) is 3. The minimum Gasteiger partial charge on any atom is -0.388 e. The van der Waals surface area contributed by atoms with Crippen LogP contribution >= 0.6 is 22.9 Å². The summed E-state index contributed by atoms with van der Waals surface area (Å²) in [4.78, 5) is 2.82. The second-order valence-electron chi connectivity index (χ2n) is 12.7. The van der Waals surface area contributed by atoms with Gasteiger partial charge in [0.25, 0.3) is 0 Å². The van der Waals surface area contributed by atoms with E-state index in [9.17, 15) is 29.6 Å². The highest BCUT2D eigenvalue weighted by molar-refractivity contribution is 8.45. The molecule has 1 saturated carbocycles. The van der Waals surface area contributed by atoms with Crippen molar-refractivity contribution in [3.63, 3.8) is 0 Å². The summed E-state index contributed by atoms with van der Waals surface area (Å²) in [5.74, 6) is -0.0935. The maximum Gasteiger partial charge on any atom is 0.310 e. The fraction of sp³-hybridized carbons (Fsp3) is 0.656. The van der Waals surface area contributed by atoms with Gasteiger partial charge in [-0.25, -0.2) is 0 Å². The van der Waals surface area contributed by atoms with Crippen LogP contribution in [0.15, 0.2) is 29.2 Å². The van der Waals surface area contributed by atoms with Crippen LogP contribution in [0.5, 0.6) is 0 Å². The van der Waals surface area contributed by atoms with Gasteiger partial charge >= 0.3 is 10.2 Å². The number of nitrogens with zero attached hydrogens (tertiary/aromatic N) is 1. The molecule has 0 aliphatic heterocycles. The molecule has 2 aromatic rings. The summed E-state index contributed by atoms with van der Waals surface area (Å²) in [5.41, 5.74) is 3.84. The Morgan fingerprint density at radius 1 is 1.02 bits per heavy atom. The summed E-state index contributed by atoms with van der Waals surface area (Å²) in [6.45, 7) is 18.5. The molecule has 0 bridgehead atoms. The molecule has 3 nitrogen and oxygen atoms in total. The third-order valence-electron chi connectivity index (χ3n) is 8.09. The lowest BCUT2D eigenvalue weighted by Gasteiger charge is -2.47. The van der Waals surface area contributed by atoms with Crippen molar-refractivity contribution in [3.8, 4) is 0 Å². The van der Waals surface area contributed by atoms with Gasteiger partial charge < -0.3 is 10.2 Å². The van der Waals surface area contributed by atoms with Gasteiger partial charge in [0.2, 0.25) is 0 Å². The van der Waals surface area contributed by atoms with E-state index < -0.39 is 27.3 Å². The third-order valence-corrected chi connectivity index (χ3v) is 9.25. The van der Waals surface area contributed by atoms with Crippen molar-refractivity contribution >= 4 is 22.9 Å². The molecule has 0 radical (unpaired) electrons. The van der Waals surface area contributed by atoms with E-state index in [1.807, 2.05) is 27.7 Å². The SMILES string of the molecule is CC.CCC(C)(C)C.CS.Cc1c2c(nc(C(C)C)c1[C@@H](O)c1ccc(S(F)(F)(F)(F)F)cc1)CC1(CCC1)CC2O. The summed E-state index contributed by atoms with van der Waals surface area (Å²) in [6.07, 6.45) is 5.48. The molecule has 244 valence electrons. The number of hydrogen-bond acceptors (Lipinski definition) is 4. The Morgan fingerprint density at radius 2 is 1.50 bits per heavy atom. The van der Waals surface area contributed by atoms with E-state index in [0.29, 0.717) is 46.4 Å². The average molecular weight is 642 g/mol. The second kappa shape index (κ2) is 13.3. The molecule has 1 unspecified atom stereocenters. The molecular weight excluding hydrogens is 589 g/mol. The zero-order valence-electron chi connectivity index (χ0n) is 26.9. The molecule has 1 spiro atoms. The number of aromatic nitrogens is 1. The van der Waals surface area contributed by atoms with E-state index >= 15 is 0 Å². The predicted octanol–water partition coefficient (Wildman–Crippen LogP) is 11.4. The summed E-state index contributed by atoms with van der Waals surface area (Å²) >= 11 is 3.53. The number of pyridine rings is 1. The Labute approximate surface area is 255 Å². The molecule has 10 heteroatoms. The monoisotopic (exact) mass is 641 g/mol. The average Bonchev–Trinajstić information content (AvgIpc) is 2.88. The van der Waals surface area contributed by atoms with Crippen molar-refractivity contribution < 1.29 is 29.6 Å². The molecule has 2 aliphatic rings. The van der Waals surface area contributed by atoms with Gasteiger partial charge in [-0.2, -0.15) is 12.6 Å². The molecule has 0 saturated heterocycles. The van der Waals surface area contributed by atoms with Crippen molar-refractivity contribution in [2.45, 2.75) is 124 Å². The van der Waals surface area contributed by atoms with E-state index in [4.69, 9.17) is 4.98 Å². The van der Waals surface area contributed by atoms with Gasteiger partial charge in [-0.05, 0) is 78.9 Å². The minimum atomic E-state index is -9.79. The number of aliphatic hydroxyl groups excluding tert-OH is 2. The Balaban J connectivity index is 0.000000775. The maximum absolute atomic E-state index is 13.1. The van der Waals surface area contributed by atoms with Crippen LogP contribution in [0.25, 0.3) is 0 Å². The lowest BCUT2D eigenvalue weighted by Crippen LogP contribution is -2.38. The molecule has 2 aliphatic carbocycles. The van der Waals surface area contributed by atoms with Gasteiger partial charge in [-0.1, -0.05) is 99.8 Å². The van der Waals surface area contributed by atoms with Gasteiger partial charge in [0.1, 0.15) is 11.0 Å². The van der Waals surface area contributed by atoms with Crippen LogP contribution in [-0.4, -0.2) is 21.5 Å². The lowest BCUT2D eigenvalue weighted by molar-refractivity contribution is 0.0237. The van der Waals surface area contributed by atoms with E-state index in [0.717, 1.165) is 43.5 Å². The zero-order valence-corrected chi connectivity index (χ0v) is 28.6. The molecule has 1 heterocycles. The standard InChI is InChI=1S/C23H28F5NO2S.C6H14.C2H6.CH4S/c1-13(2)21-20(22(31)15-5-7-16(8-6-15)32(24,25,26,27)28)14(3)19-17(29-21)11-23(9-4-10-23)12-18(19)30;1-5-6(2,3)4;2*1-2/h5-8,13,18,22,30-31H,4,9-12H2,1-3H3;5H2,1-4H3;1-2H3;2H,1H3/t18?,22-;;;/m0.../s1. The van der Waals surface area contributed by atoms with Crippen molar-refractivity contribution in [3.05, 3.63) is 57.9 Å². The van der Waals surface area contributed by atoms with E-state index in [-0.39, 0.29) is 16.9 Å². The second-order valence-corrected chi connectivity index (χ2v) is 15.1. The highest BCUT2D eigenvalue weighted by atomic mass is 32.5. The van der Waals surface area contributed by atoms with Crippen LogP contribution < -0.4 is 0 Å². The molecule has 1 aromatic carbocycles. The topological polar surface area (TPSA) is 53.4 Å². The van der Waals surface area contributed by atoms with Crippen LogP contribution in [0.2, 0.25) is 0 Å². The summed E-state index contributed by atoms with van der Waals surface area (Å²) < 4.78 is 65.3. The van der Waals surface area contributed by atoms with Crippen LogP contribution in [0.3, 0.4) is 0 Å². The van der Waals surface area contributed by atoms with Crippen LogP contribution in [0.1, 0.15) is 139 Å². The fourth-order valence-corrected chi connectivity index (χ4v) is 5.90. The molecule has 2 N–H and O–H groups in total. The molecule has 4 rings (SSSR count). The molecule has 1 fully saturated rings. The molecular formula is C32H52F5NO2S2. The van der Waals surface area contributed by atoms with E-state index in [2.05, 4.69) is 40.3 Å². The number of thiol groups is 1. The van der Waals surface area contributed by atoms with Gasteiger partial charge in [-0.3, -0.25) is 4.98 Å². The number of fused-ring (bicyclic) bond motifs is 1. The van der Waals surface area contributed by atoms with Crippen LogP contribution in [0, 0.1) is 17.8 Å². The maximum atomic E-state index is 13.1. The quantitative estimate of drug-likeness (QED) is 0.230. The Hall–Kier alpha value is -1.36. The molecule has 0 amide bonds. The first-order chi connectivity index (χ1) is 19.1. The van der Waals surface area contributed by atoms with Crippen molar-refractivity contribution in [1.82, 2.24) is 4.98 Å². The number of benzene rings is 1. The normalized spacial score (nSPS) is 19.7.